The summed E-state index contributed by atoms with van der Waals surface area (Å²) in [5.41, 5.74) is -0.452. The Morgan fingerprint density at radius 1 is 1.10 bits per heavy atom. The van der Waals surface area contributed by atoms with Gasteiger partial charge in [-0.25, -0.2) is 16.8 Å². The molecule has 1 heterocycles. The lowest BCUT2D eigenvalue weighted by Crippen LogP contribution is -2.28. The normalized spacial score (nSPS) is 15.4. The second kappa shape index (κ2) is 7.90. The number of benzene rings is 2. The maximum Gasteiger partial charge on any atom is 0.290 e. The molecular weight excluding hydrogens is 442 g/mol. The molecule has 0 aromatic heterocycles. The molecule has 0 atom stereocenters. The summed E-state index contributed by atoms with van der Waals surface area (Å²) >= 11 is 6.07. The molecule has 1 saturated heterocycles. The summed E-state index contributed by atoms with van der Waals surface area (Å²) in [6.07, 6.45) is 1.47. The minimum Gasteiger partial charge on any atom is -0.279 e. The van der Waals surface area contributed by atoms with Crippen LogP contribution in [0, 0.1) is 17.0 Å². The van der Waals surface area contributed by atoms with Crippen molar-refractivity contribution in [2.45, 2.75) is 29.6 Å². The number of aryl methyl sites for hydroxylation is 1. The quantitative estimate of drug-likeness (QED) is 0.522. The standard InChI is InChI=1S/C17H18ClN3O6S2/c1-12-5-4-6-15(21(22)23)17(12)28(24,25)19-13-7-8-14(18)16(11-13)29(26,27)20-9-2-3-10-20/h4-8,11,19H,2-3,9-10H2,1H3. The topological polar surface area (TPSA) is 127 Å². The minimum absolute atomic E-state index is 0.0401. The Balaban J connectivity index is 2.03. The summed E-state index contributed by atoms with van der Waals surface area (Å²) in [4.78, 5) is 9.77. The van der Waals surface area contributed by atoms with E-state index >= 15 is 0 Å². The second-order valence-corrected chi connectivity index (χ2v) is 10.5. The lowest BCUT2D eigenvalue weighted by atomic mass is 10.2. The zero-order chi connectivity index (χ0) is 21.4. The van der Waals surface area contributed by atoms with E-state index in [0.29, 0.717) is 13.1 Å². The van der Waals surface area contributed by atoms with E-state index in [1.54, 1.807) is 0 Å². The first-order valence-corrected chi connectivity index (χ1v) is 11.9. The van der Waals surface area contributed by atoms with Crippen molar-refractivity contribution in [3.05, 3.63) is 57.1 Å². The highest BCUT2D eigenvalue weighted by molar-refractivity contribution is 7.93. The molecule has 1 fully saturated rings. The Labute approximate surface area is 173 Å². The van der Waals surface area contributed by atoms with Crippen LogP contribution in [0.2, 0.25) is 5.02 Å². The van der Waals surface area contributed by atoms with Crippen LogP contribution in [0.1, 0.15) is 18.4 Å². The molecule has 1 aliphatic rings. The summed E-state index contributed by atoms with van der Waals surface area (Å²) in [7, 11) is -8.24. The van der Waals surface area contributed by atoms with Crippen LogP contribution in [0.15, 0.2) is 46.2 Å². The summed E-state index contributed by atoms with van der Waals surface area (Å²) in [6.45, 7) is 2.17. The molecule has 29 heavy (non-hydrogen) atoms. The number of rotatable bonds is 6. The van der Waals surface area contributed by atoms with Crippen LogP contribution < -0.4 is 4.72 Å². The van der Waals surface area contributed by atoms with E-state index in [1.807, 2.05) is 0 Å². The largest absolute Gasteiger partial charge is 0.290 e. The minimum atomic E-state index is -4.36. The first-order chi connectivity index (χ1) is 13.5. The summed E-state index contributed by atoms with van der Waals surface area (Å²) in [5, 5.41) is 11.2. The van der Waals surface area contributed by atoms with Gasteiger partial charge >= 0.3 is 0 Å². The van der Waals surface area contributed by atoms with Gasteiger partial charge in [-0.05, 0) is 43.5 Å². The summed E-state index contributed by atoms with van der Waals surface area (Å²) < 4.78 is 54.8. The summed E-state index contributed by atoms with van der Waals surface area (Å²) in [5.74, 6) is 0. The van der Waals surface area contributed by atoms with Gasteiger partial charge in [0.15, 0.2) is 4.90 Å². The van der Waals surface area contributed by atoms with Gasteiger partial charge in [-0.3, -0.25) is 14.8 Å². The Bertz CT molecular complexity index is 1180. The van der Waals surface area contributed by atoms with Crippen LogP contribution in [-0.4, -0.2) is 39.2 Å². The zero-order valence-corrected chi connectivity index (χ0v) is 17.7. The molecule has 3 rings (SSSR count). The number of hydrogen-bond acceptors (Lipinski definition) is 6. The number of hydrogen-bond donors (Lipinski definition) is 1. The molecule has 2 aromatic carbocycles. The zero-order valence-electron chi connectivity index (χ0n) is 15.3. The molecule has 1 N–H and O–H groups in total. The fourth-order valence-corrected chi connectivity index (χ4v) is 6.64. The number of nitrogens with one attached hydrogen (secondary N) is 1. The van der Waals surface area contributed by atoms with Gasteiger partial charge in [0.1, 0.15) is 4.90 Å². The molecule has 12 heteroatoms. The maximum absolute atomic E-state index is 12.8. The van der Waals surface area contributed by atoms with Gasteiger partial charge in [-0.2, -0.15) is 4.31 Å². The van der Waals surface area contributed by atoms with Crippen molar-refractivity contribution in [2.75, 3.05) is 17.8 Å². The van der Waals surface area contributed by atoms with E-state index in [2.05, 4.69) is 4.72 Å². The molecule has 0 bridgehead atoms. The lowest BCUT2D eigenvalue weighted by Gasteiger charge is -2.17. The highest BCUT2D eigenvalue weighted by atomic mass is 35.5. The highest BCUT2D eigenvalue weighted by Gasteiger charge is 2.31. The van der Waals surface area contributed by atoms with E-state index < -0.39 is 35.6 Å². The first kappa shape index (κ1) is 21.5. The van der Waals surface area contributed by atoms with Crippen molar-refractivity contribution in [1.82, 2.24) is 4.31 Å². The van der Waals surface area contributed by atoms with Gasteiger partial charge in [0.05, 0.1) is 15.6 Å². The number of halogens is 1. The van der Waals surface area contributed by atoms with Crippen LogP contribution in [-0.2, 0) is 20.0 Å². The van der Waals surface area contributed by atoms with Gasteiger partial charge in [-0.15, -0.1) is 0 Å². The molecule has 0 amide bonds. The third kappa shape index (κ3) is 4.22. The lowest BCUT2D eigenvalue weighted by molar-refractivity contribution is -0.387. The van der Waals surface area contributed by atoms with Crippen molar-refractivity contribution in [3.8, 4) is 0 Å². The molecule has 0 aliphatic carbocycles. The number of sulfonamides is 2. The van der Waals surface area contributed by atoms with E-state index in [0.717, 1.165) is 25.0 Å². The average molecular weight is 460 g/mol. The number of nitro benzene ring substituents is 1. The molecule has 156 valence electrons. The predicted molar refractivity (Wildman–Crippen MR) is 108 cm³/mol. The number of anilines is 1. The van der Waals surface area contributed by atoms with Crippen molar-refractivity contribution >= 4 is 43.0 Å². The molecular formula is C17H18ClN3O6S2. The van der Waals surface area contributed by atoms with E-state index in [-0.39, 0.29) is 21.2 Å². The van der Waals surface area contributed by atoms with E-state index in [9.17, 15) is 26.9 Å². The smallest absolute Gasteiger partial charge is 0.279 e. The van der Waals surface area contributed by atoms with E-state index in [4.69, 9.17) is 11.6 Å². The van der Waals surface area contributed by atoms with Gasteiger partial charge in [0.25, 0.3) is 15.7 Å². The van der Waals surface area contributed by atoms with Crippen molar-refractivity contribution < 1.29 is 21.8 Å². The fraction of sp³-hybridized carbons (Fsp3) is 0.294. The van der Waals surface area contributed by atoms with Crippen LogP contribution in [0.4, 0.5) is 11.4 Å². The molecule has 0 unspecified atom stereocenters. The third-order valence-electron chi connectivity index (χ3n) is 4.52. The van der Waals surface area contributed by atoms with Crippen molar-refractivity contribution in [1.29, 1.82) is 0 Å². The number of nitro groups is 1. The monoisotopic (exact) mass is 459 g/mol. The first-order valence-electron chi connectivity index (χ1n) is 8.60. The van der Waals surface area contributed by atoms with E-state index in [1.165, 1.54) is 35.5 Å². The molecule has 2 aromatic rings. The molecule has 0 spiro atoms. The van der Waals surface area contributed by atoms with Gasteiger partial charge in [-0.1, -0.05) is 23.7 Å². The molecule has 0 radical (unpaired) electrons. The van der Waals surface area contributed by atoms with Gasteiger partial charge in [0, 0.05) is 19.2 Å². The number of nitrogens with zero attached hydrogens (tertiary/aromatic N) is 2. The Morgan fingerprint density at radius 3 is 2.38 bits per heavy atom. The van der Waals surface area contributed by atoms with Crippen molar-refractivity contribution in [3.63, 3.8) is 0 Å². The van der Waals surface area contributed by atoms with Gasteiger partial charge < -0.3 is 0 Å². The Hall–Kier alpha value is -2.21. The van der Waals surface area contributed by atoms with Crippen LogP contribution >= 0.6 is 11.6 Å². The van der Waals surface area contributed by atoms with Crippen molar-refractivity contribution in [2.24, 2.45) is 0 Å². The van der Waals surface area contributed by atoms with Gasteiger partial charge in [0.2, 0.25) is 10.0 Å². The average Bonchev–Trinajstić information content (AvgIpc) is 3.18. The Morgan fingerprint density at radius 2 is 1.76 bits per heavy atom. The molecule has 9 nitrogen and oxygen atoms in total. The summed E-state index contributed by atoms with van der Waals surface area (Å²) in [6, 6.07) is 7.61. The maximum atomic E-state index is 12.8. The molecule has 1 aliphatic heterocycles. The van der Waals surface area contributed by atoms with Crippen LogP contribution in [0.25, 0.3) is 0 Å². The predicted octanol–water partition coefficient (Wildman–Crippen LogP) is 3.14. The third-order valence-corrected chi connectivity index (χ3v) is 8.48. The van der Waals surface area contributed by atoms with Crippen LogP contribution in [0.5, 0.6) is 0 Å². The Kier molecular flexibility index (Phi) is 5.86. The molecule has 0 saturated carbocycles. The fourth-order valence-electron chi connectivity index (χ4n) is 3.17. The SMILES string of the molecule is Cc1cccc([N+](=O)[O-])c1S(=O)(=O)Nc1ccc(Cl)c(S(=O)(=O)N2CCCC2)c1. The highest BCUT2D eigenvalue weighted by Crippen LogP contribution is 2.32. The van der Waals surface area contributed by atoms with Crippen LogP contribution in [0.3, 0.4) is 0 Å². The second-order valence-electron chi connectivity index (χ2n) is 6.54.